The van der Waals surface area contributed by atoms with E-state index in [9.17, 15) is 0 Å². The summed E-state index contributed by atoms with van der Waals surface area (Å²) in [6.07, 6.45) is 0. The molecular formula is C42H27NO2. The lowest BCUT2D eigenvalue weighted by Gasteiger charge is -2.28. The summed E-state index contributed by atoms with van der Waals surface area (Å²) >= 11 is 0. The summed E-state index contributed by atoms with van der Waals surface area (Å²) in [4.78, 5) is 2.33. The van der Waals surface area contributed by atoms with Crippen molar-refractivity contribution < 1.29 is 8.83 Å². The van der Waals surface area contributed by atoms with Gasteiger partial charge in [-0.25, -0.2) is 0 Å². The highest BCUT2D eigenvalue weighted by Gasteiger charge is 2.23. The van der Waals surface area contributed by atoms with Crippen LogP contribution in [0, 0.1) is 0 Å². The maximum Gasteiger partial charge on any atom is 0.137 e. The molecule has 0 atom stereocenters. The highest BCUT2D eigenvalue weighted by molar-refractivity contribution is 6.16. The Labute approximate surface area is 260 Å². The minimum absolute atomic E-state index is 0.859. The van der Waals surface area contributed by atoms with E-state index in [2.05, 4.69) is 144 Å². The Morgan fingerprint density at radius 1 is 0.356 bits per heavy atom. The first-order chi connectivity index (χ1) is 22.3. The van der Waals surface area contributed by atoms with E-state index in [0.717, 1.165) is 72.1 Å². The Bertz CT molecular complexity index is 2470. The van der Waals surface area contributed by atoms with Crippen LogP contribution < -0.4 is 4.90 Å². The fourth-order valence-electron chi connectivity index (χ4n) is 6.60. The molecule has 0 spiro atoms. The number of benzene rings is 7. The van der Waals surface area contributed by atoms with Crippen LogP contribution in [0.25, 0.3) is 66.1 Å². The van der Waals surface area contributed by atoms with Crippen molar-refractivity contribution in [2.45, 2.75) is 0 Å². The highest BCUT2D eigenvalue weighted by atomic mass is 16.3. The lowest BCUT2D eigenvalue weighted by atomic mass is 9.94. The monoisotopic (exact) mass is 577 g/mol. The normalized spacial score (nSPS) is 11.6. The van der Waals surface area contributed by atoms with Crippen molar-refractivity contribution in [1.29, 1.82) is 0 Å². The number of rotatable bonds is 5. The van der Waals surface area contributed by atoms with Crippen LogP contribution >= 0.6 is 0 Å². The van der Waals surface area contributed by atoms with Crippen LogP contribution in [0.3, 0.4) is 0 Å². The van der Waals surface area contributed by atoms with E-state index in [-0.39, 0.29) is 0 Å². The summed E-state index contributed by atoms with van der Waals surface area (Å²) in [5.74, 6) is 0. The maximum absolute atomic E-state index is 6.41. The third-order valence-corrected chi connectivity index (χ3v) is 8.68. The average Bonchev–Trinajstić information content (AvgIpc) is 3.67. The number of hydrogen-bond acceptors (Lipinski definition) is 3. The van der Waals surface area contributed by atoms with Crippen LogP contribution in [0.2, 0.25) is 0 Å². The highest BCUT2D eigenvalue weighted by Crippen LogP contribution is 2.47. The number of anilines is 3. The first-order valence-electron chi connectivity index (χ1n) is 15.2. The van der Waals surface area contributed by atoms with Gasteiger partial charge in [0.1, 0.15) is 22.3 Å². The molecule has 0 aliphatic rings. The first-order valence-corrected chi connectivity index (χ1v) is 15.2. The molecule has 9 rings (SSSR count). The van der Waals surface area contributed by atoms with Gasteiger partial charge in [-0.05, 0) is 65.2 Å². The Morgan fingerprint density at radius 3 is 1.71 bits per heavy atom. The molecule has 0 aliphatic carbocycles. The minimum Gasteiger partial charge on any atom is -0.456 e. The van der Waals surface area contributed by atoms with E-state index in [0.29, 0.717) is 0 Å². The maximum atomic E-state index is 6.41. The number of nitrogens with zero attached hydrogens (tertiary/aromatic N) is 1. The molecule has 2 aromatic heterocycles. The van der Waals surface area contributed by atoms with Gasteiger partial charge in [-0.3, -0.25) is 0 Å². The Hall–Kier alpha value is -6.06. The quantitative estimate of drug-likeness (QED) is 0.204. The number of furan rings is 2. The fraction of sp³-hybridized carbons (Fsp3) is 0. The van der Waals surface area contributed by atoms with Gasteiger partial charge >= 0.3 is 0 Å². The zero-order valence-electron chi connectivity index (χ0n) is 24.4. The predicted molar refractivity (Wildman–Crippen MR) is 187 cm³/mol. The van der Waals surface area contributed by atoms with E-state index in [1.54, 1.807) is 0 Å². The molecule has 9 aromatic rings. The lowest BCUT2D eigenvalue weighted by molar-refractivity contribution is 0.668. The Morgan fingerprint density at radius 2 is 0.933 bits per heavy atom. The second kappa shape index (κ2) is 10.3. The van der Waals surface area contributed by atoms with Crippen molar-refractivity contribution in [2.75, 3.05) is 4.90 Å². The summed E-state index contributed by atoms with van der Waals surface area (Å²) in [5, 5.41) is 4.42. The van der Waals surface area contributed by atoms with Gasteiger partial charge in [0.05, 0.1) is 5.69 Å². The molecule has 45 heavy (non-hydrogen) atoms. The summed E-state index contributed by atoms with van der Waals surface area (Å²) in [6.45, 7) is 0. The molecular weight excluding hydrogens is 550 g/mol. The van der Waals surface area contributed by atoms with E-state index >= 15 is 0 Å². The predicted octanol–water partition coefficient (Wildman–Crippen LogP) is 12.3. The summed E-state index contributed by atoms with van der Waals surface area (Å²) < 4.78 is 12.8. The zero-order chi connectivity index (χ0) is 29.7. The molecule has 0 fully saturated rings. The van der Waals surface area contributed by atoms with Crippen molar-refractivity contribution in [1.82, 2.24) is 0 Å². The molecule has 0 aliphatic heterocycles. The standard InChI is InChI=1S/C42H27NO2/c1-3-11-28(12-4-1)29-19-21-30(22-20-29)41-36(25-26-39-42(41)35-16-8-10-18-38(35)44-39)43(31-13-5-2-6-14-31)32-23-24-34-33-15-7-9-17-37(33)45-40(34)27-32/h1-27H. The van der Waals surface area contributed by atoms with Crippen molar-refractivity contribution >= 4 is 60.9 Å². The third kappa shape index (κ3) is 4.21. The molecule has 2 heterocycles. The zero-order valence-corrected chi connectivity index (χ0v) is 24.4. The van der Waals surface area contributed by atoms with Gasteiger partial charge in [0.2, 0.25) is 0 Å². The molecule has 0 radical (unpaired) electrons. The molecule has 212 valence electrons. The average molecular weight is 578 g/mol. The van der Waals surface area contributed by atoms with Crippen LogP contribution in [0.4, 0.5) is 17.1 Å². The van der Waals surface area contributed by atoms with E-state index in [1.807, 2.05) is 24.3 Å². The molecule has 0 saturated carbocycles. The number of para-hydroxylation sites is 3. The van der Waals surface area contributed by atoms with Gasteiger partial charge in [0.15, 0.2) is 0 Å². The Balaban J connectivity index is 1.32. The lowest BCUT2D eigenvalue weighted by Crippen LogP contribution is -2.11. The molecule has 0 saturated heterocycles. The van der Waals surface area contributed by atoms with E-state index in [4.69, 9.17) is 8.83 Å². The second-order valence-corrected chi connectivity index (χ2v) is 11.3. The van der Waals surface area contributed by atoms with E-state index in [1.165, 1.54) is 11.1 Å². The van der Waals surface area contributed by atoms with Crippen molar-refractivity contribution in [3.8, 4) is 22.3 Å². The van der Waals surface area contributed by atoms with Gasteiger partial charge in [-0.1, -0.05) is 109 Å². The van der Waals surface area contributed by atoms with E-state index < -0.39 is 0 Å². The molecule has 0 amide bonds. The number of fused-ring (bicyclic) bond motifs is 6. The third-order valence-electron chi connectivity index (χ3n) is 8.68. The van der Waals surface area contributed by atoms with Crippen LogP contribution in [-0.4, -0.2) is 0 Å². The minimum atomic E-state index is 0.859. The largest absolute Gasteiger partial charge is 0.456 e. The summed E-state index contributed by atoms with van der Waals surface area (Å²) in [6, 6.07) is 57.2. The van der Waals surface area contributed by atoms with Crippen LogP contribution in [0.5, 0.6) is 0 Å². The molecule has 0 N–H and O–H groups in total. The number of hydrogen-bond donors (Lipinski definition) is 0. The van der Waals surface area contributed by atoms with Gasteiger partial charge in [0, 0.05) is 44.5 Å². The van der Waals surface area contributed by atoms with Crippen molar-refractivity contribution in [2.24, 2.45) is 0 Å². The molecule has 3 heteroatoms. The molecule has 3 nitrogen and oxygen atoms in total. The topological polar surface area (TPSA) is 29.5 Å². The van der Waals surface area contributed by atoms with Gasteiger partial charge in [-0.2, -0.15) is 0 Å². The fourth-order valence-corrected chi connectivity index (χ4v) is 6.60. The van der Waals surface area contributed by atoms with Crippen LogP contribution in [0.1, 0.15) is 0 Å². The molecule has 7 aromatic carbocycles. The van der Waals surface area contributed by atoms with Gasteiger partial charge in [-0.15, -0.1) is 0 Å². The molecule has 0 unspecified atom stereocenters. The van der Waals surface area contributed by atoms with Crippen molar-refractivity contribution in [3.05, 3.63) is 164 Å². The Kier molecular flexibility index (Phi) is 5.82. The smallest absolute Gasteiger partial charge is 0.137 e. The SMILES string of the molecule is c1ccc(-c2ccc(-c3c(N(c4ccccc4)c4ccc5c(c4)oc4ccccc45)ccc4oc5ccccc5c34)cc2)cc1. The van der Waals surface area contributed by atoms with Crippen molar-refractivity contribution in [3.63, 3.8) is 0 Å². The summed E-state index contributed by atoms with van der Waals surface area (Å²) in [7, 11) is 0. The van der Waals surface area contributed by atoms with Gasteiger partial charge in [0.25, 0.3) is 0 Å². The van der Waals surface area contributed by atoms with Crippen LogP contribution in [-0.2, 0) is 0 Å². The second-order valence-electron chi connectivity index (χ2n) is 11.3. The first kappa shape index (κ1) is 25.4. The van der Waals surface area contributed by atoms with Gasteiger partial charge < -0.3 is 13.7 Å². The summed E-state index contributed by atoms with van der Waals surface area (Å²) in [5.41, 5.74) is 11.2. The molecule has 0 bridgehead atoms. The van der Waals surface area contributed by atoms with Crippen LogP contribution in [0.15, 0.2) is 173 Å².